The highest BCUT2D eigenvalue weighted by Gasteiger charge is 2.12. The molecule has 0 aliphatic heterocycles. The Morgan fingerprint density at radius 3 is 2.64 bits per heavy atom. The molecule has 14 heavy (non-hydrogen) atoms. The maximum atomic E-state index is 8.79. The molecule has 2 N–H and O–H groups in total. The Bertz CT molecular complexity index is 347. The molecule has 0 saturated heterocycles. The number of rotatable bonds is 3. The minimum atomic E-state index is -0.386. The van der Waals surface area contributed by atoms with Crippen LogP contribution in [0.5, 0.6) is 5.75 Å². The van der Waals surface area contributed by atoms with E-state index < -0.39 is 0 Å². The molecule has 0 fully saturated rings. The SMILES string of the molecule is CC(C)(N)COc1ccccc1C#N. The minimum Gasteiger partial charge on any atom is -0.490 e. The summed E-state index contributed by atoms with van der Waals surface area (Å²) in [5.74, 6) is 0.591. The lowest BCUT2D eigenvalue weighted by Gasteiger charge is -2.19. The first kappa shape index (κ1) is 10.6. The fourth-order valence-electron chi connectivity index (χ4n) is 0.949. The molecule has 0 aliphatic rings. The predicted molar refractivity (Wildman–Crippen MR) is 54.9 cm³/mol. The van der Waals surface area contributed by atoms with Gasteiger partial charge in [0.25, 0.3) is 0 Å². The van der Waals surface area contributed by atoms with E-state index in [1.54, 1.807) is 18.2 Å². The zero-order valence-corrected chi connectivity index (χ0v) is 8.45. The van der Waals surface area contributed by atoms with E-state index in [0.717, 1.165) is 0 Å². The number of hydrogen-bond donors (Lipinski definition) is 1. The van der Waals surface area contributed by atoms with Gasteiger partial charge in [-0.3, -0.25) is 0 Å². The molecule has 1 rings (SSSR count). The Morgan fingerprint density at radius 2 is 2.07 bits per heavy atom. The van der Waals surface area contributed by atoms with E-state index in [4.69, 9.17) is 15.7 Å². The van der Waals surface area contributed by atoms with Crippen molar-refractivity contribution in [3.63, 3.8) is 0 Å². The number of hydrogen-bond acceptors (Lipinski definition) is 3. The van der Waals surface area contributed by atoms with E-state index in [1.807, 2.05) is 19.9 Å². The van der Waals surface area contributed by atoms with Gasteiger partial charge >= 0.3 is 0 Å². The van der Waals surface area contributed by atoms with Crippen LogP contribution in [0.3, 0.4) is 0 Å². The van der Waals surface area contributed by atoms with Crippen molar-refractivity contribution in [2.45, 2.75) is 19.4 Å². The third-order valence-electron chi connectivity index (χ3n) is 1.61. The zero-order valence-electron chi connectivity index (χ0n) is 8.45. The van der Waals surface area contributed by atoms with Crippen LogP contribution in [0.25, 0.3) is 0 Å². The van der Waals surface area contributed by atoms with E-state index in [1.165, 1.54) is 0 Å². The molecule has 0 saturated carbocycles. The Hall–Kier alpha value is -1.53. The monoisotopic (exact) mass is 190 g/mol. The Balaban J connectivity index is 2.73. The second-order valence-corrected chi connectivity index (χ2v) is 3.89. The molecule has 74 valence electrons. The Labute approximate surface area is 84.1 Å². The van der Waals surface area contributed by atoms with Crippen LogP contribution in [0.15, 0.2) is 24.3 Å². The van der Waals surface area contributed by atoms with Crippen LogP contribution in [0, 0.1) is 11.3 Å². The predicted octanol–water partition coefficient (Wildman–Crippen LogP) is 1.67. The molecule has 0 atom stereocenters. The molecule has 0 aromatic heterocycles. The number of para-hydroxylation sites is 1. The lowest BCUT2D eigenvalue weighted by atomic mass is 10.1. The van der Waals surface area contributed by atoms with Crippen molar-refractivity contribution < 1.29 is 4.74 Å². The molecular weight excluding hydrogens is 176 g/mol. The number of benzene rings is 1. The van der Waals surface area contributed by atoms with Gasteiger partial charge in [0.15, 0.2) is 0 Å². The molecule has 3 nitrogen and oxygen atoms in total. The summed E-state index contributed by atoms with van der Waals surface area (Å²) in [6.45, 7) is 4.15. The van der Waals surface area contributed by atoms with E-state index in [0.29, 0.717) is 17.9 Å². The fraction of sp³-hybridized carbons (Fsp3) is 0.364. The molecule has 0 aliphatic carbocycles. The third kappa shape index (κ3) is 3.08. The van der Waals surface area contributed by atoms with Crippen molar-refractivity contribution in [2.24, 2.45) is 5.73 Å². The van der Waals surface area contributed by atoms with Crippen LogP contribution in [-0.2, 0) is 0 Å². The smallest absolute Gasteiger partial charge is 0.137 e. The highest BCUT2D eigenvalue weighted by Crippen LogP contribution is 2.17. The lowest BCUT2D eigenvalue weighted by Crippen LogP contribution is -2.38. The van der Waals surface area contributed by atoms with Crippen molar-refractivity contribution in [3.8, 4) is 11.8 Å². The summed E-state index contributed by atoms with van der Waals surface area (Å²) in [6, 6.07) is 9.19. The average molecular weight is 190 g/mol. The topological polar surface area (TPSA) is 59.0 Å². The summed E-state index contributed by atoms with van der Waals surface area (Å²) < 4.78 is 5.44. The zero-order chi connectivity index (χ0) is 10.6. The van der Waals surface area contributed by atoms with Crippen LogP contribution < -0.4 is 10.5 Å². The second-order valence-electron chi connectivity index (χ2n) is 3.89. The summed E-state index contributed by atoms with van der Waals surface area (Å²) in [7, 11) is 0. The Morgan fingerprint density at radius 1 is 1.43 bits per heavy atom. The van der Waals surface area contributed by atoms with Gasteiger partial charge in [0.1, 0.15) is 18.4 Å². The van der Waals surface area contributed by atoms with Gasteiger partial charge in [-0.25, -0.2) is 0 Å². The van der Waals surface area contributed by atoms with Gasteiger partial charge in [-0.15, -0.1) is 0 Å². The van der Waals surface area contributed by atoms with Gasteiger partial charge in [0, 0.05) is 5.54 Å². The first-order valence-electron chi connectivity index (χ1n) is 4.44. The maximum Gasteiger partial charge on any atom is 0.137 e. The number of nitrogens with zero attached hydrogens (tertiary/aromatic N) is 1. The first-order valence-corrected chi connectivity index (χ1v) is 4.44. The first-order chi connectivity index (χ1) is 6.53. The molecule has 0 radical (unpaired) electrons. The fourth-order valence-corrected chi connectivity index (χ4v) is 0.949. The van der Waals surface area contributed by atoms with Crippen LogP contribution in [0.4, 0.5) is 0 Å². The summed E-state index contributed by atoms with van der Waals surface area (Å²) >= 11 is 0. The van der Waals surface area contributed by atoms with E-state index in [9.17, 15) is 0 Å². The van der Waals surface area contributed by atoms with Crippen LogP contribution in [-0.4, -0.2) is 12.1 Å². The van der Waals surface area contributed by atoms with Gasteiger partial charge in [-0.2, -0.15) is 5.26 Å². The maximum absolute atomic E-state index is 8.79. The molecule has 0 heterocycles. The molecule has 0 amide bonds. The van der Waals surface area contributed by atoms with E-state index in [-0.39, 0.29) is 5.54 Å². The second kappa shape index (κ2) is 4.12. The van der Waals surface area contributed by atoms with Gasteiger partial charge in [-0.1, -0.05) is 12.1 Å². The van der Waals surface area contributed by atoms with E-state index in [2.05, 4.69) is 6.07 Å². The largest absolute Gasteiger partial charge is 0.490 e. The standard InChI is InChI=1S/C11H14N2O/c1-11(2,13)8-14-10-6-4-3-5-9(10)7-12/h3-6H,8,13H2,1-2H3. The van der Waals surface area contributed by atoms with Crippen LogP contribution in [0.2, 0.25) is 0 Å². The highest BCUT2D eigenvalue weighted by atomic mass is 16.5. The molecule has 0 spiro atoms. The molecule has 1 aromatic carbocycles. The van der Waals surface area contributed by atoms with Crippen molar-refractivity contribution in [3.05, 3.63) is 29.8 Å². The summed E-state index contributed by atoms with van der Waals surface area (Å²) in [5.41, 5.74) is 5.92. The molecule has 0 unspecified atom stereocenters. The number of nitriles is 1. The minimum absolute atomic E-state index is 0.386. The summed E-state index contributed by atoms with van der Waals surface area (Å²) in [6.07, 6.45) is 0. The molecule has 3 heteroatoms. The molecule has 1 aromatic rings. The van der Waals surface area contributed by atoms with Gasteiger partial charge in [0.05, 0.1) is 5.56 Å². The third-order valence-corrected chi connectivity index (χ3v) is 1.61. The summed E-state index contributed by atoms with van der Waals surface area (Å²) in [4.78, 5) is 0. The van der Waals surface area contributed by atoms with E-state index >= 15 is 0 Å². The van der Waals surface area contributed by atoms with Gasteiger partial charge in [-0.05, 0) is 26.0 Å². The molecule has 0 bridgehead atoms. The van der Waals surface area contributed by atoms with Crippen molar-refractivity contribution in [1.29, 1.82) is 5.26 Å². The van der Waals surface area contributed by atoms with Crippen molar-refractivity contribution >= 4 is 0 Å². The molecular formula is C11H14N2O. The normalized spacial score (nSPS) is 10.7. The quantitative estimate of drug-likeness (QED) is 0.788. The van der Waals surface area contributed by atoms with Crippen LogP contribution >= 0.6 is 0 Å². The summed E-state index contributed by atoms with van der Waals surface area (Å²) in [5, 5.41) is 8.79. The van der Waals surface area contributed by atoms with Crippen molar-refractivity contribution in [2.75, 3.05) is 6.61 Å². The van der Waals surface area contributed by atoms with Crippen molar-refractivity contribution in [1.82, 2.24) is 0 Å². The van der Waals surface area contributed by atoms with Crippen LogP contribution in [0.1, 0.15) is 19.4 Å². The average Bonchev–Trinajstić information content (AvgIpc) is 2.14. The highest BCUT2D eigenvalue weighted by molar-refractivity contribution is 5.42. The van der Waals surface area contributed by atoms with Gasteiger partial charge in [0.2, 0.25) is 0 Å². The lowest BCUT2D eigenvalue weighted by molar-refractivity contribution is 0.243. The van der Waals surface area contributed by atoms with Gasteiger partial charge < -0.3 is 10.5 Å². The number of nitrogens with two attached hydrogens (primary N) is 1. The Kier molecular flexibility index (Phi) is 3.10. The number of ether oxygens (including phenoxy) is 1.